The lowest BCUT2D eigenvalue weighted by Crippen LogP contribution is -2.57. The molecule has 164 valence electrons. The summed E-state index contributed by atoms with van der Waals surface area (Å²) in [6.45, 7) is 3.28. The van der Waals surface area contributed by atoms with Gasteiger partial charge in [-0.05, 0) is 74.5 Å². The average Bonchev–Trinajstić information content (AvgIpc) is 2.99. The summed E-state index contributed by atoms with van der Waals surface area (Å²) in [6.07, 6.45) is 10.5. The average molecular weight is 425 g/mol. The van der Waals surface area contributed by atoms with Gasteiger partial charge in [0.1, 0.15) is 0 Å². The Hall–Kier alpha value is -0.660. The van der Waals surface area contributed by atoms with Crippen molar-refractivity contribution in [3.05, 3.63) is 0 Å². The predicted octanol–water partition coefficient (Wildman–Crippen LogP) is 2.35. The van der Waals surface area contributed by atoms with Gasteiger partial charge in [0.05, 0.1) is 18.3 Å². The lowest BCUT2D eigenvalue weighted by atomic mass is 9.49. The molecule has 4 bridgehead atoms. The van der Waals surface area contributed by atoms with E-state index < -0.39 is 10.0 Å². The van der Waals surface area contributed by atoms with Gasteiger partial charge >= 0.3 is 0 Å². The van der Waals surface area contributed by atoms with Crippen molar-refractivity contribution >= 4 is 15.9 Å². The van der Waals surface area contributed by atoms with E-state index in [2.05, 4.69) is 4.90 Å². The fourth-order valence-electron chi connectivity index (χ4n) is 8.10. The number of hydrogen-bond acceptors (Lipinski definition) is 4. The number of nitrogens with zero attached hydrogens (tertiary/aromatic N) is 2. The van der Waals surface area contributed by atoms with Crippen LogP contribution in [0.2, 0.25) is 0 Å². The van der Waals surface area contributed by atoms with Gasteiger partial charge in [-0.25, -0.2) is 12.7 Å². The van der Waals surface area contributed by atoms with Crippen LogP contribution in [0.3, 0.4) is 0 Å². The molecule has 1 atom stereocenters. The minimum absolute atomic E-state index is 0.0443. The SMILES string of the molecule is COCC1CN(S(C)(=O)=O)CC12CCN(C(=O)C13CC4CC(CC(C4)C1)C3)CC2. The summed E-state index contributed by atoms with van der Waals surface area (Å²) < 4.78 is 31.4. The minimum Gasteiger partial charge on any atom is -0.384 e. The zero-order valence-corrected chi connectivity index (χ0v) is 18.8. The van der Waals surface area contributed by atoms with Crippen LogP contribution in [0.4, 0.5) is 0 Å². The van der Waals surface area contributed by atoms with Gasteiger partial charge in [-0.3, -0.25) is 4.79 Å². The number of carbonyl (C=O) groups excluding carboxylic acids is 1. The summed E-state index contributed by atoms with van der Waals surface area (Å²) in [7, 11) is -1.50. The Kier molecular flexibility index (Phi) is 4.84. The van der Waals surface area contributed by atoms with Gasteiger partial charge in [-0.2, -0.15) is 0 Å². The topological polar surface area (TPSA) is 66.9 Å². The number of carbonyl (C=O) groups is 1. The van der Waals surface area contributed by atoms with Gasteiger partial charge in [-0.15, -0.1) is 0 Å². The maximum Gasteiger partial charge on any atom is 0.228 e. The Morgan fingerprint density at radius 2 is 1.59 bits per heavy atom. The number of rotatable bonds is 4. The fourth-order valence-corrected chi connectivity index (χ4v) is 9.04. The first-order valence-corrected chi connectivity index (χ1v) is 13.3. The Morgan fingerprint density at radius 1 is 1.03 bits per heavy atom. The number of hydrogen-bond donors (Lipinski definition) is 0. The third-order valence-corrected chi connectivity index (χ3v) is 10.4. The molecule has 6 nitrogen and oxygen atoms in total. The number of ether oxygens (including phenoxy) is 1. The Morgan fingerprint density at radius 3 is 2.07 bits per heavy atom. The summed E-state index contributed by atoms with van der Waals surface area (Å²) in [6, 6.07) is 0. The van der Waals surface area contributed by atoms with Crippen molar-refractivity contribution in [3.8, 4) is 0 Å². The maximum absolute atomic E-state index is 13.7. The van der Waals surface area contributed by atoms with Crippen molar-refractivity contribution in [3.63, 3.8) is 0 Å². The zero-order chi connectivity index (χ0) is 20.4. The summed E-state index contributed by atoms with van der Waals surface area (Å²) in [5.74, 6) is 2.99. The third-order valence-electron chi connectivity index (χ3n) is 9.16. The van der Waals surface area contributed by atoms with Crippen LogP contribution in [0.25, 0.3) is 0 Å². The molecule has 0 radical (unpaired) electrons. The van der Waals surface area contributed by atoms with Crippen molar-refractivity contribution in [2.45, 2.75) is 51.4 Å². The number of amides is 1. The van der Waals surface area contributed by atoms with Gasteiger partial charge in [0.15, 0.2) is 0 Å². The molecule has 2 saturated heterocycles. The smallest absolute Gasteiger partial charge is 0.228 e. The molecule has 6 aliphatic rings. The minimum atomic E-state index is -3.19. The quantitative estimate of drug-likeness (QED) is 0.695. The van der Waals surface area contributed by atoms with E-state index >= 15 is 0 Å². The van der Waals surface area contributed by atoms with Crippen molar-refractivity contribution in [1.29, 1.82) is 0 Å². The first-order chi connectivity index (χ1) is 13.7. The number of methoxy groups -OCH3 is 1. The molecule has 0 aromatic carbocycles. The van der Waals surface area contributed by atoms with E-state index in [1.54, 1.807) is 11.4 Å². The van der Waals surface area contributed by atoms with Crippen LogP contribution in [0.15, 0.2) is 0 Å². The first-order valence-electron chi connectivity index (χ1n) is 11.5. The molecule has 6 rings (SSSR count). The van der Waals surface area contributed by atoms with Crippen LogP contribution < -0.4 is 0 Å². The van der Waals surface area contributed by atoms with E-state index in [1.165, 1.54) is 25.5 Å². The summed E-state index contributed by atoms with van der Waals surface area (Å²) >= 11 is 0. The van der Waals surface area contributed by atoms with Crippen molar-refractivity contribution in [1.82, 2.24) is 9.21 Å². The lowest BCUT2D eigenvalue weighted by molar-refractivity contribution is -0.160. The van der Waals surface area contributed by atoms with Crippen LogP contribution in [0.1, 0.15) is 51.4 Å². The highest BCUT2D eigenvalue weighted by atomic mass is 32.2. The van der Waals surface area contributed by atoms with E-state index in [1.807, 2.05) is 0 Å². The van der Waals surface area contributed by atoms with Gasteiger partial charge in [0.25, 0.3) is 0 Å². The molecule has 0 aromatic rings. The van der Waals surface area contributed by atoms with Gasteiger partial charge in [-0.1, -0.05) is 0 Å². The number of piperidine rings is 1. The standard InChI is InChI=1S/C22H36N2O4S/c1-28-14-19-13-24(29(2,26)27)15-21(19)3-5-23(6-4-21)20(25)22-10-16-7-17(11-22)9-18(8-16)12-22/h16-19H,3-15H2,1-2H3. The molecule has 2 aliphatic heterocycles. The largest absolute Gasteiger partial charge is 0.384 e. The second kappa shape index (κ2) is 6.92. The van der Waals surface area contributed by atoms with E-state index in [0.29, 0.717) is 25.6 Å². The molecule has 0 N–H and O–H groups in total. The molecule has 29 heavy (non-hydrogen) atoms. The van der Waals surface area contributed by atoms with Gasteiger partial charge in [0.2, 0.25) is 15.9 Å². The number of sulfonamides is 1. The monoisotopic (exact) mass is 424 g/mol. The van der Waals surface area contributed by atoms with E-state index in [4.69, 9.17) is 4.74 Å². The predicted molar refractivity (Wildman–Crippen MR) is 111 cm³/mol. The highest BCUT2D eigenvalue weighted by Crippen LogP contribution is 2.61. The summed E-state index contributed by atoms with van der Waals surface area (Å²) in [4.78, 5) is 15.8. The molecular weight excluding hydrogens is 388 g/mol. The summed E-state index contributed by atoms with van der Waals surface area (Å²) in [5.41, 5.74) is -0.114. The highest BCUT2D eigenvalue weighted by molar-refractivity contribution is 7.88. The molecule has 1 amide bonds. The second-order valence-electron chi connectivity index (χ2n) is 11.1. The normalized spacial score (nSPS) is 41.4. The molecule has 4 aliphatic carbocycles. The first kappa shape index (κ1) is 20.3. The molecule has 2 heterocycles. The highest BCUT2D eigenvalue weighted by Gasteiger charge is 2.57. The van der Waals surface area contributed by atoms with Crippen LogP contribution in [-0.4, -0.2) is 69.7 Å². The molecule has 0 aromatic heterocycles. The zero-order valence-electron chi connectivity index (χ0n) is 17.9. The lowest BCUT2D eigenvalue weighted by Gasteiger charge is -2.57. The third kappa shape index (κ3) is 3.35. The molecule has 6 fully saturated rings. The molecule has 1 unspecified atom stereocenters. The van der Waals surface area contributed by atoms with Crippen LogP contribution in [0.5, 0.6) is 0 Å². The molecule has 1 spiro atoms. The van der Waals surface area contributed by atoms with E-state index in [9.17, 15) is 13.2 Å². The van der Waals surface area contributed by atoms with Crippen LogP contribution in [-0.2, 0) is 19.6 Å². The van der Waals surface area contributed by atoms with Crippen LogP contribution >= 0.6 is 0 Å². The molecular formula is C22H36N2O4S. The summed E-state index contributed by atoms with van der Waals surface area (Å²) in [5, 5.41) is 0. The number of likely N-dealkylation sites (tertiary alicyclic amines) is 1. The van der Waals surface area contributed by atoms with Gasteiger partial charge < -0.3 is 9.64 Å². The molecule has 4 saturated carbocycles. The van der Waals surface area contributed by atoms with E-state index in [0.717, 1.165) is 62.9 Å². The van der Waals surface area contributed by atoms with Crippen LogP contribution in [0, 0.1) is 34.5 Å². The van der Waals surface area contributed by atoms with Crippen molar-refractivity contribution in [2.75, 3.05) is 46.2 Å². The Bertz CT molecular complexity index is 736. The van der Waals surface area contributed by atoms with Crippen molar-refractivity contribution in [2.24, 2.45) is 34.5 Å². The van der Waals surface area contributed by atoms with Gasteiger partial charge in [0, 0.05) is 39.2 Å². The second-order valence-corrected chi connectivity index (χ2v) is 13.0. The van der Waals surface area contributed by atoms with E-state index in [-0.39, 0.29) is 16.7 Å². The Balaban J connectivity index is 1.29. The fraction of sp³-hybridized carbons (Fsp3) is 0.955. The molecule has 7 heteroatoms. The Labute approximate surface area is 175 Å². The maximum atomic E-state index is 13.7. The van der Waals surface area contributed by atoms with Crippen molar-refractivity contribution < 1.29 is 17.9 Å².